The minimum atomic E-state index is -0.0659. The lowest BCUT2D eigenvalue weighted by molar-refractivity contribution is 0.0913. The summed E-state index contributed by atoms with van der Waals surface area (Å²) < 4.78 is 0. The van der Waals surface area contributed by atoms with E-state index in [2.05, 4.69) is 60.5 Å². The maximum absolute atomic E-state index is 12.7. The zero-order valence-electron chi connectivity index (χ0n) is 33.8. The fraction of sp³-hybridized carbons (Fsp3) is 0.348. The highest BCUT2D eigenvalue weighted by Gasteiger charge is 2.21. The Bertz CT molecular complexity index is 2340. The molecule has 2 aliphatic heterocycles. The van der Waals surface area contributed by atoms with Crippen LogP contribution >= 0.6 is 11.6 Å². The topological polar surface area (TPSA) is 194 Å². The second kappa shape index (κ2) is 22.0. The number of hydrogen-bond donors (Lipinski definition) is 5. The molecule has 2 fully saturated rings. The summed E-state index contributed by atoms with van der Waals surface area (Å²) in [7, 11) is 4.24. The Labute approximate surface area is 358 Å². The van der Waals surface area contributed by atoms with Gasteiger partial charge in [0.2, 0.25) is 0 Å². The highest BCUT2D eigenvalue weighted by molar-refractivity contribution is 6.29. The molecule has 316 valence electrons. The molecule has 6 aromatic rings. The number of nitrogen functional groups attached to an aromatic ring is 2. The summed E-state index contributed by atoms with van der Waals surface area (Å²) in [5.74, 6) is 2.46. The number of nitrogens with two attached hydrogens (primary N) is 3. The monoisotopic (exact) mass is 831 g/mol. The van der Waals surface area contributed by atoms with Gasteiger partial charge in [-0.1, -0.05) is 43.3 Å². The molecule has 8 rings (SSSR count). The first-order valence-electron chi connectivity index (χ1n) is 20.0. The summed E-state index contributed by atoms with van der Waals surface area (Å²) in [6.07, 6.45) is 11.5. The smallest absolute Gasteiger partial charge is 0.251 e. The Hall–Kier alpha value is -5.73. The molecule has 2 saturated heterocycles. The van der Waals surface area contributed by atoms with E-state index in [0.29, 0.717) is 53.6 Å². The van der Waals surface area contributed by atoms with Crippen LogP contribution in [-0.4, -0.2) is 87.7 Å². The maximum atomic E-state index is 12.7. The molecule has 2 aliphatic rings. The number of ketones is 1. The van der Waals surface area contributed by atoms with E-state index in [0.717, 1.165) is 90.1 Å². The predicted octanol–water partition coefficient (Wildman–Crippen LogP) is 7.21. The minimum absolute atomic E-state index is 0. The first-order valence-corrected chi connectivity index (χ1v) is 20.4. The van der Waals surface area contributed by atoms with Crippen LogP contribution in [0.5, 0.6) is 0 Å². The summed E-state index contributed by atoms with van der Waals surface area (Å²) in [5.41, 5.74) is 20.7. The van der Waals surface area contributed by atoms with Gasteiger partial charge in [0, 0.05) is 72.2 Å². The Kier molecular flexibility index (Phi) is 16.7. The molecule has 0 atom stereocenters. The highest BCUT2D eigenvalue weighted by atomic mass is 35.5. The second-order valence-electron chi connectivity index (χ2n) is 15.3. The number of hydrogen-bond acceptors (Lipinski definition) is 12. The van der Waals surface area contributed by atoms with Crippen LogP contribution < -0.4 is 27.8 Å². The number of Topliss-reactive ketones (excluding diaryl/α,β-unsaturated/α-hetero) is 1. The standard InChI is InChI=1S/C23H27N5O.C12H16ClN3O.C10H11N3.CH4/c1-28-10-6-16(7-11-28)13-21(29)19-5-8-25-22(14-19)27-15-17-2-3-20-18(12-17)4-9-26-23(20)24;1-16-6-3-10(4-7-16)15-12(17)9-2-5-14-11(13)8-9;11-6-7-1-2-9-8(5-7)3-4-13-10(9)12;/h2-5,8-9,12,14,16H,6-7,10-11,13,15H2,1H3,(H2,24,26)(H,25,27);2,5,8,10H,3-4,6-7H2,1H3,(H,15,17);1-5H,6,11H2,(H2,12,13);1H4. The van der Waals surface area contributed by atoms with E-state index >= 15 is 0 Å². The molecule has 1 amide bonds. The van der Waals surface area contributed by atoms with Gasteiger partial charge in [0.15, 0.2) is 5.78 Å². The third-order valence-corrected chi connectivity index (χ3v) is 11.1. The van der Waals surface area contributed by atoms with Crippen LogP contribution in [-0.2, 0) is 13.1 Å². The number of fused-ring (bicyclic) bond motifs is 2. The number of benzene rings is 2. The third kappa shape index (κ3) is 12.9. The lowest BCUT2D eigenvalue weighted by Gasteiger charge is -2.29. The van der Waals surface area contributed by atoms with Gasteiger partial charge in [-0.25, -0.2) is 19.9 Å². The first-order chi connectivity index (χ1) is 28.5. The van der Waals surface area contributed by atoms with E-state index in [1.165, 1.54) is 0 Å². The summed E-state index contributed by atoms with van der Waals surface area (Å²) in [6, 6.07) is 23.2. The molecular weight excluding hydrogens is 774 g/mol. The number of piperidine rings is 2. The molecule has 0 unspecified atom stereocenters. The van der Waals surface area contributed by atoms with Gasteiger partial charge in [0.25, 0.3) is 5.91 Å². The van der Waals surface area contributed by atoms with Crippen molar-refractivity contribution in [1.29, 1.82) is 0 Å². The van der Waals surface area contributed by atoms with Gasteiger partial charge >= 0.3 is 0 Å². The van der Waals surface area contributed by atoms with Crippen molar-refractivity contribution < 1.29 is 9.59 Å². The molecule has 0 bridgehead atoms. The number of pyridine rings is 4. The third-order valence-electron chi connectivity index (χ3n) is 10.9. The lowest BCUT2D eigenvalue weighted by Crippen LogP contribution is -2.43. The van der Waals surface area contributed by atoms with Crippen LogP contribution in [0.15, 0.2) is 97.6 Å². The van der Waals surface area contributed by atoms with Crippen LogP contribution in [0.3, 0.4) is 0 Å². The van der Waals surface area contributed by atoms with Crippen molar-refractivity contribution in [2.45, 2.75) is 58.7 Å². The Balaban J connectivity index is 0.000000187. The molecule has 8 N–H and O–H groups in total. The molecule has 60 heavy (non-hydrogen) atoms. The van der Waals surface area contributed by atoms with Gasteiger partial charge in [0.05, 0.1) is 0 Å². The van der Waals surface area contributed by atoms with Crippen molar-refractivity contribution in [3.63, 3.8) is 0 Å². The van der Waals surface area contributed by atoms with Crippen LogP contribution in [0.4, 0.5) is 17.5 Å². The Morgan fingerprint density at radius 1 is 0.700 bits per heavy atom. The molecule has 2 aromatic carbocycles. The van der Waals surface area contributed by atoms with Crippen molar-refractivity contribution in [1.82, 2.24) is 35.1 Å². The average molecular weight is 832 g/mol. The molecule has 4 aromatic heterocycles. The van der Waals surface area contributed by atoms with Crippen molar-refractivity contribution >= 4 is 62.3 Å². The molecule has 0 saturated carbocycles. The molecule has 6 heterocycles. The molecule has 0 spiro atoms. The molecule has 0 radical (unpaired) electrons. The Morgan fingerprint density at radius 2 is 1.25 bits per heavy atom. The fourth-order valence-corrected chi connectivity index (χ4v) is 7.42. The number of carbonyl (C=O) groups is 2. The Morgan fingerprint density at radius 3 is 1.87 bits per heavy atom. The van der Waals surface area contributed by atoms with Gasteiger partial charge < -0.3 is 37.6 Å². The van der Waals surface area contributed by atoms with E-state index < -0.39 is 0 Å². The average Bonchev–Trinajstić information content (AvgIpc) is 3.25. The summed E-state index contributed by atoms with van der Waals surface area (Å²) in [5, 5.41) is 10.8. The molecular formula is C46H58ClN11O2. The summed E-state index contributed by atoms with van der Waals surface area (Å²) in [4.78, 5) is 45.6. The minimum Gasteiger partial charge on any atom is -0.383 e. The lowest BCUT2D eigenvalue weighted by atomic mass is 9.90. The molecule has 0 aliphatic carbocycles. The number of halogens is 1. The number of amides is 1. The van der Waals surface area contributed by atoms with Crippen molar-refractivity contribution in [3.8, 4) is 0 Å². The number of likely N-dealkylation sites (tertiary alicyclic amines) is 2. The summed E-state index contributed by atoms with van der Waals surface area (Å²) in [6.45, 7) is 5.39. The van der Waals surface area contributed by atoms with E-state index in [1.54, 1.807) is 36.9 Å². The second-order valence-corrected chi connectivity index (χ2v) is 15.7. The van der Waals surface area contributed by atoms with Gasteiger partial charge in [-0.3, -0.25) is 9.59 Å². The van der Waals surface area contributed by atoms with Crippen LogP contribution in [0.25, 0.3) is 21.5 Å². The van der Waals surface area contributed by atoms with E-state index in [4.69, 9.17) is 28.8 Å². The van der Waals surface area contributed by atoms with Gasteiger partial charge in [0.1, 0.15) is 22.6 Å². The van der Waals surface area contributed by atoms with Gasteiger partial charge in [-0.05, 0) is 142 Å². The van der Waals surface area contributed by atoms with Crippen molar-refractivity contribution in [2.75, 3.05) is 57.1 Å². The number of nitrogens with zero attached hydrogens (tertiary/aromatic N) is 6. The number of carbonyl (C=O) groups excluding carboxylic acids is 2. The van der Waals surface area contributed by atoms with Crippen molar-refractivity contribution in [2.24, 2.45) is 11.7 Å². The van der Waals surface area contributed by atoms with Crippen molar-refractivity contribution in [3.05, 3.63) is 125 Å². The number of anilines is 3. The van der Waals surface area contributed by atoms with Gasteiger partial charge in [-0.2, -0.15) is 0 Å². The van der Waals surface area contributed by atoms with E-state index in [9.17, 15) is 9.59 Å². The first kappa shape index (κ1) is 45.4. The quantitative estimate of drug-likeness (QED) is 0.0727. The molecule has 13 nitrogen and oxygen atoms in total. The summed E-state index contributed by atoms with van der Waals surface area (Å²) >= 11 is 5.75. The predicted molar refractivity (Wildman–Crippen MR) is 245 cm³/mol. The maximum Gasteiger partial charge on any atom is 0.251 e. The zero-order valence-corrected chi connectivity index (χ0v) is 34.5. The van der Waals surface area contributed by atoms with E-state index in [1.807, 2.05) is 54.6 Å². The number of nitrogens with one attached hydrogen (secondary N) is 2. The van der Waals surface area contributed by atoms with Gasteiger partial charge in [-0.15, -0.1) is 0 Å². The SMILES string of the molecule is C.CN1CCC(CC(=O)c2ccnc(NCc3ccc4c(N)nccc4c3)c2)CC1.CN1CCC(NC(=O)c2ccnc(Cl)c2)CC1.NCc1ccc2c(N)nccc2c1. The van der Waals surface area contributed by atoms with E-state index in [-0.39, 0.29) is 25.2 Å². The normalized spacial score (nSPS) is 14.9. The van der Waals surface area contributed by atoms with Crippen LogP contribution in [0.1, 0.15) is 71.4 Å². The fourth-order valence-electron chi connectivity index (χ4n) is 7.24. The highest BCUT2D eigenvalue weighted by Crippen LogP contribution is 2.24. The zero-order chi connectivity index (χ0) is 41.7. The largest absolute Gasteiger partial charge is 0.383 e. The number of aromatic nitrogens is 4. The number of rotatable bonds is 9. The van der Waals surface area contributed by atoms with Crippen LogP contribution in [0.2, 0.25) is 5.15 Å². The van der Waals surface area contributed by atoms with Crippen LogP contribution in [0, 0.1) is 5.92 Å². The molecule has 14 heteroatoms.